The number of carbonyl (C=O) groups excluding carboxylic acids is 2. The first-order valence-corrected chi connectivity index (χ1v) is 21.4. The molecule has 1 amide bonds. The van der Waals surface area contributed by atoms with Crippen LogP contribution in [-0.4, -0.2) is 92.3 Å². The van der Waals surface area contributed by atoms with Crippen molar-refractivity contribution in [2.45, 2.75) is 162 Å². The first-order valence-electron chi connectivity index (χ1n) is 19.8. The van der Waals surface area contributed by atoms with E-state index in [-0.39, 0.29) is 34.8 Å². The van der Waals surface area contributed by atoms with Gasteiger partial charge in [0.15, 0.2) is 6.23 Å². The van der Waals surface area contributed by atoms with E-state index in [4.69, 9.17) is 30.2 Å². The third kappa shape index (κ3) is 15.8. The van der Waals surface area contributed by atoms with Crippen LogP contribution in [0.15, 0.2) is 6.20 Å². The number of fused-ring (bicyclic) bond motifs is 1. The van der Waals surface area contributed by atoms with Crippen molar-refractivity contribution in [2.24, 2.45) is 5.73 Å². The Morgan fingerprint density at radius 2 is 1.48 bits per heavy atom. The van der Waals surface area contributed by atoms with E-state index in [0.717, 1.165) is 12.8 Å². The summed E-state index contributed by atoms with van der Waals surface area (Å²) in [6, 6.07) is -1.19. The van der Waals surface area contributed by atoms with Gasteiger partial charge in [0.1, 0.15) is 41.6 Å². The number of hydrogen-bond acceptors (Lipinski definition) is 12. The maximum Gasteiger partial charge on any atom is 0.403 e. The molecule has 3 heterocycles. The summed E-state index contributed by atoms with van der Waals surface area (Å²) in [6.07, 6.45) is 14.3. The Morgan fingerprint density at radius 1 is 0.926 bits per heavy atom. The van der Waals surface area contributed by atoms with Crippen molar-refractivity contribution in [1.82, 2.24) is 19.6 Å². The molecular formula is C37H67N6O10P. The second kappa shape index (κ2) is 25.5. The number of nitrogen functional groups attached to an aromatic ring is 1. The Labute approximate surface area is 320 Å². The largest absolute Gasteiger partial charge is 0.464 e. The number of amides is 1. The van der Waals surface area contributed by atoms with E-state index in [1.165, 1.54) is 94.7 Å². The van der Waals surface area contributed by atoms with Crippen molar-refractivity contribution < 1.29 is 48.0 Å². The molecule has 0 radical (unpaired) electrons. The number of anilines is 1. The van der Waals surface area contributed by atoms with Gasteiger partial charge < -0.3 is 45.4 Å². The lowest BCUT2D eigenvalue weighted by molar-refractivity contribution is -0.145. The van der Waals surface area contributed by atoms with Crippen LogP contribution >= 0.6 is 7.75 Å². The first kappa shape index (κ1) is 47.5. The van der Waals surface area contributed by atoms with Gasteiger partial charge in [-0.15, -0.1) is 0 Å². The van der Waals surface area contributed by atoms with Gasteiger partial charge in [0.2, 0.25) is 0 Å². The van der Waals surface area contributed by atoms with Gasteiger partial charge in [0.05, 0.1) is 24.2 Å². The number of hydrogen-bond donors (Lipinski definition) is 6. The molecule has 16 nitrogen and oxygen atoms in total. The van der Waals surface area contributed by atoms with Crippen molar-refractivity contribution in [3.8, 4) is 0 Å². The lowest BCUT2D eigenvalue weighted by Gasteiger charge is -2.20. The standard InChI is InChI=1S/C35H61N6O10P.C2H6/c1-4-5-6-7-8-9-10-11-12-13-14-15-16-17-19-48-20-18-21-49-35(45)24(2)40-52(46,47)50-23-27-29(42)30(43)34(51-27)41-22-26(32(37)44)28-31(36)38-25(3)39-33(28)41;1-2/h22,24,27,29-30,34,42-43H,4-21,23H2,1-3H3,(H2,37,44)(H2,36,38,39)(H2,40,46,47);1-2H3/t24-,27+,29+,30+,34?;/m0./s1. The van der Waals surface area contributed by atoms with Crippen LogP contribution in [0.2, 0.25) is 0 Å². The Morgan fingerprint density at radius 3 is 2.06 bits per heavy atom. The summed E-state index contributed by atoms with van der Waals surface area (Å²) in [7, 11) is -4.59. The van der Waals surface area contributed by atoms with Crippen molar-refractivity contribution in [3.05, 3.63) is 17.6 Å². The van der Waals surface area contributed by atoms with Crippen LogP contribution in [0.4, 0.5) is 5.82 Å². The molecule has 6 atom stereocenters. The SMILES string of the molecule is CC.CCCCCCCCCCCCCCCCOCCCOC(=O)[C@H](C)NP(=O)(O)OC[C@H]1OC(n2cc(C(N)=O)c3c(N)nc(C)nc32)[C@H](O)[C@@H]1O. The summed E-state index contributed by atoms with van der Waals surface area (Å²) in [5.41, 5.74) is 11.6. The molecule has 0 aliphatic carbocycles. The van der Waals surface area contributed by atoms with Gasteiger partial charge in [-0.25, -0.2) is 19.6 Å². The highest BCUT2D eigenvalue weighted by Crippen LogP contribution is 2.40. The molecule has 0 bridgehead atoms. The molecule has 8 N–H and O–H groups in total. The van der Waals surface area contributed by atoms with Crippen LogP contribution in [0.1, 0.15) is 146 Å². The smallest absolute Gasteiger partial charge is 0.403 e. The third-order valence-electron chi connectivity index (χ3n) is 9.13. The lowest BCUT2D eigenvalue weighted by atomic mass is 10.0. The number of esters is 1. The Balaban J connectivity index is 0.00000495. The van der Waals surface area contributed by atoms with E-state index in [1.54, 1.807) is 6.92 Å². The highest BCUT2D eigenvalue weighted by Gasteiger charge is 2.45. The van der Waals surface area contributed by atoms with Gasteiger partial charge in [-0.2, -0.15) is 0 Å². The minimum absolute atomic E-state index is 0.00774. The summed E-state index contributed by atoms with van der Waals surface area (Å²) < 4.78 is 35.7. The predicted molar refractivity (Wildman–Crippen MR) is 208 cm³/mol. The van der Waals surface area contributed by atoms with E-state index in [9.17, 15) is 29.3 Å². The van der Waals surface area contributed by atoms with Crippen molar-refractivity contribution >= 4 is 36.5 Å². The molecule has 1 aliphatic heterocycles. The van der Waals surface area contributed by atoms with E-state index in [1.807, 2.05) is 13.8 Å². The van der Waals surface area contributed by atoms with Crippen LogP contribution < -0.4 is 16.6 Å². The average molecular weight is 787 g/mol. The second-order valence-corrected chi connectivity index (χ2v) is 15.2. The lowest BCUT2D eigenvalue weighted by Crippen LogP contribution is -2.36. The molecule has 310 valence electrons. The Hall–Kier alpha value is -2.69. The normalized spacial score (nSPS) is 20.0. The zero-order valence-electron chi connectivity index (χ0n) is 33.0. The number of primary amides is 1. The Bertz CT molecular complexity index is 1450. The molecule has 17 heteroatoms. The number of carbonyl (C=O) groups is 2. The topological polar surface area (TPSA) is 244 Å². The van der Waals surface area contributed by atoms with Crippen LogP contribution in [0, 0.1) is 6.92 Å². The average Bonchev–Trinajstić information content (AvgIpc) is 3.65. The molecular weight excluding hydrogens is 719 g/mol. The summed E-state index contributed by atoms with van der Waals surface area (Å²) >= 11 is 0. The fourth-order valence-corrected chi connectivity index (χ4v) is 7.25. The van der Waals surface area contributed by atoms with Crippen molar-refractivity contribution in [2.75, 3.05) is 32.2 Å². The molecule has 0 aromatic carbocycles. The van der Waals surface area contributed by atoms with Gasteiger partial charge in [-0.05, 0) is 20.3 Å². The minimum atomic E-state index is -4.59. The van der Waals surface area contributed by atoms with Gasteiger partial charge in [0, 0.05) is 25.8 Å². The number of nitrogens with two attached hydrogens (primary N) is 2. The monoisotopic (exact) mass is 786 g/mol. The number of unbranched alkanes of at least 4 members (excludes halogenated alkanes) is 13. The van der Waals surface area contributed by atoms with Gasteiger partial charge in [-0.3, -0.25) is 14.1 Å². The van der Waals surface area contributed by atoms with Crippen molar-refractivity contribution in [3.63, 3.8) is 0 Å². The molecule has 54 heavy (non-hydrogen) atoms. The van der Waals surface area contributed by atoms with Crippen LogP contribution in [0.3, 0.4) is 0 Å². The number of ether oxygens (including phenoxy) is 3. The quantitative estimate of drug-likeness (QED) is 0.0367. The number of aliphatic hydroxyl groups is 2. The molecule has 0 saturated carbocycles. The molecule has 1 saturated heterocycles. The zero-order valence-corrected chi connectivity index (χ0v) is 33.9. The maximum atomic E-state index is 12.7. The number of rotatable bonds is 27. The first-order chi connectivity index (χ1) is 25.9. The van der Waals surface area contributed by atoms with Crippen LogP contribution in [-0.2, 0) is 28.1 Å². The van der Waals surface area contributed by atoms with Crippen LogP contribution in [0.25, 0.3) is 11.0 Å². The fourth-order valence-electron chi connectivity index (χ4n) is 6.24. The van der Waals surface area contributed by atoms with E-state index in [0.29, 0.717) is 19.6 Å². The van der Waals surface area contributed by atoms with Gasteiger partial charge in [-0.1, -0.05) is 104 Å². The highest BCUT2D eigenvalue weighted by atomic mass is 31.2. The molecule has 1 aliphatic rings. The molecule has 2 aromatic heterocycles. The van der Waals surface area contributed by atoms with Crippen LogP contribution in [0.5, 0.6) is 0 Å². The van der Waals surface area contributed by atoms with E-state index >= 15 is 0 Å². The third-order valence-corrected chi connectivity index (χ3v) is 10.3. The molecule has 0 spiro atoms. The number of nitrogens with one attached hydrogen (secondary N) is 1. The number of nitrogens with zero attached hydrogens (tertiary/aromatic N) is 3. The summed E-state index contributed by atoms with van der Waals surface area (Å²) in [5, 5.41) is 23.8. The van der Waals surface area contributed by atoms with E-state index in [2.05, 4.69) is 22.0 Å². The summed E-state index contributed by atoms with van der Waals surface area (Å²) in [6.45, 7) is 9.73. The summed E-state index contributed by atoms with van der Waals surface area (Å²) in [5.74, 6) is -1.30. The number of aliphatic hydroxyl groups excluding tert-OH is 2. The number of aryl methyl sites for hydroxylation is 1. The van der Waals surface area contributed by atoms with Crippen molar-refractivity contribution in [1.29, 1.82) is 0 Å². The predicted octanol–water partition coefficient (Wildman–Crippen LogP) is 5.59. The molecule has 1 fully saturated rings. The second-order valence-electron chi connectivity index (χ2n) is 13.6. The maximum absolute atomic E-state index is 12.7. The summed E-state index contributed by atoms with van der Waals surface area (Å²) in [4.78, 5) is 43.1. The van der Waals surface area contributed by atoms with Gasteiger partial charge >= 0.3 is 13.7 Å². The van der Waals surface area contributed by atoms with E-state index < -0.39 is 56.8 Å². The number of aromatic nitrogens is 3. The fraction of sp³-hybridized carbons (Fsp3) is 0.784. The Kier molecular flexibility index (Phi) is 22.4. The zero-order chi connectivity index (χ0) is 40.1. The van der Waals surface area contributed by atoms with Gasteiger partial charge in [0.25, 0.3) is 5.91 Å². The molecule has 2 unspecified atom stereocenters. The highest BCUT2D eigenvalue weighted by molar-refractivity contribution is 7.50. The molecule has 2 aromatic rings. The molecule has 3 rings (SSSR count). The minimum Gasteiger partial charge on any atom is -0.464 e.